The predicted octanol–water partition coefficient (Wildman–Crippen LogP) is 3.79. The molecule has 1 unspecified atom stereocenters. The minimum Gasteiger partial charge on any atom is -0.494 e. The smallest absolute Gasteiger partial charge is 0.306 e. The van der Waals surface area contributed by atoms with Crippen LogP contribution in [-0.2, 0) is 14.3 Å². The Hall–Kier alpha value is -2.54. The molecule has 0 fully saturated rings. The molecule has 1 aliphatic rings. The molecule has 3 rings (SSSR count). The first-order valence-electron chi connectivity index (χ1n) is 9.17. The van der Waals surface area contributed by atoms with E-state index in [0.717, 1.165) is 21.5 Å². The Kier molecular flexibility index (Phi) is 7.31. The average molecular weight is 448 g/mol. The van der Waals surface area contributed by atoms with Crippen LogP contribution in [0.1, 0.15) is 30.9 Å². The van der Waals surface area contributed by atoms with Crippen molar-refractivity contribution < 1.29 is 23.8 Å². The molecular formula is C21H22BrNO5. The lowest BCUT2D eigenvalue weighted by Crippen LogP contribution is -2.35. The first kappa shape index (κ1) is 20.2. The Balaban J connectivity index is 1.34. The number of rotatable bonds is 8. The molecule has 0 radical (unpaired) electrons. The summed E-state index contributed by atoms with van der Waals surface area (Å²) in [6, 6.07) is 15.0. The highest BCUT2D eigenvalue weighted by molar-refractivity contribution is 9.10. The van der Waals surface area contributed by atoms with Crippen molar-refractivity contribution in [1.82, 2.24) is 5.32 Å². The van der Waals surface area contributed by atoms with Gasteiger partial charge in [-0.2, -0.15) is 0 Å². The van der Waals surface area contributed by atoms with E-state index in [2.05, 4.69) is 21.2 Å². The molecule has 0 aliphatic carbocycles. The van der Waals surface area contributed by atoms with Crippen molar-refractivity contribution in [2.75, 3.05) is 19.8 Å². The zero-order valence-electron chi connectivity index (χ0n) is 15.4. The fourth-order valence-electron chi connectivity index (χ4n) is 2.91. The molecule has 1 aliphatic heterocycles. The highest BCUT2D eigenvalue weighted by Gasteiger charge is 2.22. The lowest BCUT2D eigenvalue weighted by molar-refractivity contribution is -0.149. The number of fused-ring (bicyclic) bond motifs is 1. The van der Waals surface area contributed by atoms with E-state index < -0.39 is 5.97 Å². The SMILES string of the molecule is O=C(COC(=O)CCCOc1cccc(Br)c1)NC1CCOc2ccccc21. The predicted molar refractivity (Wildman–Crippen MR) is 107 cm³/mol. The number of para-hydroxylation sites is 1. The van der Waals surface area contributed by atoms with Crippen molar-refractivity contribution in [2.45, 2.75) is 25.3 Å². The molecule has 2 aromatic carbocycles. The maximum Gasteiger partial charge on any atom is 0.306 e. The number of amides is 1. The van der Waals surface area contributed by atoms with Gasteiger partial charge in [-0.1, -0.05) is 40.2 Å². The zero-order valence-corrected chi connectivity index (χ0v) is 16.9. The molecule has 1 heterocycles. The molecule has 148 valence electrons. The van der Waals surface area contributed by atoms with E-state index >= 15 is 0 Å². The van der Waals surface area contributed by atoms with Crippen LogP contribution in [-0.4, -0.2) is 31.7 Å². The van der Waals surface area contributed by atoms with Crippen molar-refractivity contribution >= 4 is 27.8 Å². The summed E-state index contributed by atoms with van der Waals surface area (Å²) in [5, 5.41) is 2.90. The molecule has 6 nitrogen and oxygen atoms in total. The van der Waals surface area contributed by atoms with Crippen LogP contribution in [0.4, 0.5) is 0 Å². The molecule has 1 atom stereocenters. The maximum atomic E-state index is 12.1. The summed E-state index contributed by atoms with van der Waals surface area (Å²) in [6.07, 6.45) is 1.39. The van der Waals surface area contributed by atoms with Gasteiger partial charge in [0.05, 0.1) is 19.3 Å². The summed E-state index contributed by atoms with van der Waals surface area (Å²) in [4.78, 5) is 23.9. The first-order valence-corrected chi connectivity index (χ1v) is 9.96. The minimum absolute atomic E-state index is 0.130. The van der Waals surface area contributed by atoms with Gasteiger partial charge in [0.2, 0.25) is 0 Å². The standard InChI is InChI=1S/C21H22BrNO5/c22-15-5-3-6-16(13-15)26-11-4-9-21(25)28-14-20(24)23-18-10-12-27-19-8-2-1-7-17(18)19/h1-3,5-8,13,18H,4,9-12,14H2,(H,23,24). The Bertz CT molecular complexity index is 826. The van der Waals surface area contributed by atoms with Crippen LogP contribution in [0.5, 0.6) is 11.5 Å². The van der Waals surface area contributed by atoms with Gasteiger partial charge in [-0.15, -0.1) is 0 Å². The number of benzene rings is 2. The molecule has 0 bridgehead atoms. The van der Waals surface area contributed by atoms with E-state index in [1.54, 1.807) is 0 Å². The van der Waals surface area contributed by atoms with Crippen LogP contribution < -0.4 is 14.8 Å². The molecule has 0 spiro atoms. The van der Waals surface area contributed by atoms with Gasteiger partial charge in [0.1, 0.15) is 11.5 Å². The van der Waals surface area contributed by atoms with E-state index in [9.17, 15) is 9.59 Å². The lowest BCUT2D eigenvalue weighted by Gasteiger charge is -2.26. The minimum atomic E-state index is -0.416. The van der Waals surface area contributed by atoms with Gasteiger partial charge in [0.25, 0.3) is 5.91 Å². The van der Waals surface area contributed by atoms with Crippen molar-refractivity contribution in [3.8, 4) is 11.5 Å². The van der Waals surface area contributed by atoms with Gasteiger partial charge >= 0.3 is 5.97 Å². The van der Waals surface area contributed by atoms with Crippen LogP contribution in [0.3, 0.4) is 0 Å². The van der Waals surface area contributed by atoms with Crippen LogP contribution in [0.15, 0.2) is 53.0 Å². The van der Waals surface area contributed by atoms with Crippen molar-refractivity contribution in [3.63, 3.8) is 0 Å². The summed E-state index contributed by atoms with van der Waals surface area (Å²) < 4.78 is 17.1. The normalized spacial score (nSPS) is 15.1. The third kappa shape index (κ3) is 5.99. The van der Waals surface area contributed by atoms with Crippen LogP contribution in [0.2, 0.25) is 0 Å². The second kappa shape index (κ2) is 10.1. The van der Waals surface area contributed by atoms with Crippen molar-refractivity contribution in [3.05, 3.63) is 58.6 Å². The number of esters is 1. The summed E-state index contributed by atoms with van der Waals surface area (Å²) in [5.41, 5.74) is 0.943. The monoisotopic (exact) mass is 447 g/mol. The lowest BCUT2D eigenvalue weighted by atomic mass is 10.0. The topological polar surface area (TPSA) is 73.9 Å². The zero-order chi connectivity index (χ0) is 19.8. The van der Waals surface area contributed by atoms with Crippen LogP contribution in [0, 0.1) is 0 Å². The maximum absolute atomic E-state index is 12.1. The van der Waals surface area contributed by atoms with Crippen LogP contribution >= 0.6 is 15.9 Å². The van der Waals surface area contributed by atoms with Gasteiger partial charge in [-0.25, -0.2) is 0 Å². The summed E-state index contributed by atoms with van der Waals surface area (Å²) >= 11 is 3.37. The summed E-state index contributed by atoms with van der Waals surface area (Å²) in [6.45, 7) is 0.654. The van der Waals surface area contributed by atoms with E-state index in [0.29, 0.717) is 26.1 Å². The Morgan fingerprint density at radius 3 is 2.89 bits per heavy atom. The van der Waals surface area contributed by atoms with Crippen LogP contribution in [0.25, 0.3) is 0 Å². The average Bonchev–Trinajstić information content (AvgIpc) is 2.70. The number of ether oxygens (including phenoxy) is 3. The molecule has 0 saturated carbocycles. The fraction of sp³-hybridized carbons (Fsp3) is 0.333. The van der Waals surface area contributed by atoms with Gasteiger partial charge in [0.15, 0.2) is 6.61 Å². The largest absolute Gasteiger partial charge is 0.494 e. The number of hydrogen-bond acceptors (Lipinski definition) is 5. The molecule has 7 heteroatoms. The van der Waals surface area contributed by atoms with Crippen molar-refractivity contribution in [2.24, 2.45) is 0 Å². The highest BCUT2D eigenvalue weighted by atomic mass is 79.9. The number of carbonyl (C=O) groups is 2. The number of nitrogens with one attached hydrogen (secondary N) is 1. The molecule has 2 aromatic rings. The molecule has 1 N–H and O–H groups in total. The fourth-order valence-corrected chi connectivity index (χ4v) is 3.29. The molecule has 28 heavy (non-hydrogen) atoms. The molecule has 0 aromatic heterocycles. The van der Waals surface area contributed by atoms with E-state index in [-0.39, 0.29) is 25.0 Å². The van der Waals surface area contributed by atoms with Crippen molar-refractivity contribution in [1.29, 1.82) is 0 Å². The quantitative estimate of drug-likeness (QED) is 0.492. The van der Waals surface area contributed by atoms with Gasteiger partial charge < -0.3 is 19.5 Å². The van der Waals surface area contributed by atoms with E-state index in [1.807, 2.05) is 48.5 Å². The van der Waals surface area contributed by atoms with E-state index in [1.165, 1.54) is 0 Å². The van der Waals surface area contributed by atoms with Gasteiger partial charge in [-0.3, -0.25) is 9.59 Å². The second-order valence-electron chi connectivity index (χ2n) is 6.37. The number of halogens is 1. The molecular weight excluding hydrogens is 426 g/mol. The van der Waals surface area contributed by atoms with Gasteiger partial charge in [-0.05, 0) is 30.7 Å². The number of carbonyl (C=O) groups excluding carboxylic acids is 2. The molecule has 0 saturated heterocycles. The summed E-state index contributed by atoms with van der Waals surface area (Å²) in [5.74, 6) is 0.779. The highest BCUT2D eigenvalue weighted by Crippen LogP contribution is 2.31. The second-order valence-corrected chi connectivity index (χ2v) is 7.28. The van der Waals surface area contributed by atoms with Gasteiger partial charge in [0, 0.05) is 22.9 Å². The Morgan fingerprint density at radius 1 is 1.18 bits per heavy atom. The first-order chi connectivity index (χ1) is 13.6. The third-order valence-electron chi connectivity index (χ3n) is 4.25. The third-order valence-corrected chi connectivity index (χ3v) is 4.74. The van der Waals surface area contributed by atoms with E-state index in [4.69, 9.17) is 14.2 Å². The Morgan fingerprint density at radius 2 is 2.04 bits per heavy atom. The summed E-state index contributed by atoms with van der Waals surface area (Å²) in [7, 11) is 0. The Labute approximate surface area is 172 Å². The number of hydrogen-bond donors (Lipinski definition) is 1. The molecule has 1 amide bonds.